The van der Waals surface area contributed by atoms with Gasteiger partial charge >= 0.3 is 0 Å². The van der Waals surface area contributed by atoms with E-state index in [1.54, 1.807) is 12.1 Å². The summed E-state index contributed by atoms with van der Waals surface area (Å²) >= 11 is 6.15. The van der Waals surface area contributed by atoms with Crippen molar-refractivity contribution in [1.82, 2.24) is 4.90 Å². The molecule has 1 saturated carbocycles. The van der Waals surface area contributed by atoms with Crippen LogP contribution in [0.2, 0.25) is 5.02 Å². The minimum absolute atomic E-state index is 0.149. The summed E-state index contributed by atoms with van der Waals surface area (Å²) in [6.07, 6.45) is 6.04. The second-order valence-electron chi connectivity index (χ2n) is 6.20. The Morgan fingerprint density at radius 2 is 2.10 bits per heavy atom. The lowest BCUT2D eigenvalue weighted by Crippen LogP contribution is -2.45. The lowest BCUT2D eigenvalue weighted by atomic mass is 9.88. The third-order valence-electron chi connectivity index (χ3n) is 4.90. The second kappa shape index (κ2) is 6.45. The number of likely N-dealkylation sites (tertiary alicyclic amines) is 1. The second-order valence-corrected chi connectivity index (χ2v) is 6.61. The number of carbonyl (C=O) groups excluding carboxylic acids is 1. The van der Waals surface area contributed by atoms with Crippen LogP contribution in [-0.2, 0) is 11.3 Å². The summed E-state index contributed by atoms with van der Waals surface area (Å²) in [7, 11) is 0. The standard InChI is InChI=1S/C17H21ClFNO/c18-14-6-4-7-15(19)13(14)11-20-10-2-1-8-16(20)12-5-3-9-17(12)21/h4,6-7,12,16H,1-3,5,8-11H2. The van der Waals surface area contributed by atoms with Crippen LogP contribution in [-0.4, -0.2) is 23.3 Å². The maximum atomic E-state index is 14.0. The normalized spacial score (nSPS) is 27.2. The SMILES string of the molecule is O=C1CCCC1C1CCCCN1Cc1c(F)cccc1Cl. The van der Waals surface area contributed by atoms with Gasteiger partial charge in [0.1, 0.15) is 11.6 Å². The van der Waals surface area contributed by atoms with Crippen LogP contribution in [0.1, 0.15) is 44.1 Å². The van der Waals surface area contributed by atoms with Crippen molar-refractivity contribution in [1.29, 1.82) is 0 Å². The summed E-state index contributed by atoms with van der Waals surface area (Å²) in [5, 5.41) is 0.483. The average Bonchev–Trinajstić information content (AvgIpc) is 2.90. The molecule has 2 atom stereocenters. The molecule has 4 heteroatoms. The van der Waals surface area contributed by atoms with Gasteiger partial charge in [-0.05, 0) is 44.4 Å². The van der Waals surface area contributed by atoms with Gasteiger partial charge in [-0.1, -0.05) is 24.1 Å². The average molecular weight is 310 g/mol. The van der Waals surface area contributed by atoms with E-state index in [-0.39, 0.29) is 17.8 Å². The molecule has 21 heavy (non-hydrogen) atoms. The summed E-state index contributed by atoms with van der Waals surface area (Å²) < 4.78 is 14.0. The molecule has 0 spiro atoms. The number of hydrogen-bond acceptors (Lipinski definition) is 2. The monoisotopic (exact) mass is 309 g/mol. The van der Waals surface area contributed by atoms with Crippen LogP contribution in [0.5, 0.6) is 0 Å². The van der Waals surface area contributed by atoms with Crippen molar-refractivity contribution in [3.63, 3.8) is 0 Å². The molecule has 2 unspecified atom stereocenters. The highest BCUT2D eigenvalue weighted by molar-refractivity contribution is 6.31. The largest absolute Gasteiger partial charge is 0.299 e. The van der Waals surface area contributed by atoms with Crippen molar-refractivity contribution < 1.29 is 9.18 Å². The Labute approximate surface area is 130 Å². The third kappa shape index (κ3) is 3.14. The molecule has 3 rings (SSSR count). The van der Waals surface area contributed by atoms with Gasteiger partial charge in [-0.3, -0.25) is 9.69 Å². The fourth-order valence-corrected chi connectivity index (χ4v) is 4.03. The van der Waals surface area contributed by atoms with Gasteiger partial charge in [0.05, 0.1) is 0 Å². The van der Waals surface area contributed by atoms with E-state index in [1.165, 1.54) is 6.07 Å². The lowest BCUT2D eigenvalue weighted by molar-refractivity contribution is -0.123. The fourth-order valence-electron chi connectivity index (χ4n) is 3.80. The number of ketones is 1. The van der Waals surface area contributed by atoms with E-state index in [1.807, 2.05) is 0 Å². The minimum atomic E-state index is -0.246. The van der Waals surface area contributed by atoms with Gasteiger partial charge in [0.15, 0.2) is 0 Å². The number of carbonyl (C=O) groups is 1. The highest BCUT2D eigenvalue weighted by Gasteiger charge is 2.37. The molecule has 0 bridgehead atoms. The Morgan fingerprint density at radius 1 is 1.24 bits per heavy atom. The van der Waals surface area contributed by atoms with E-state index in [4.69, 9.17) is 11.6 Å². The molecule has 1 aliphatic heterocycles. The Bertz CT molecular complexity index is 513. The molecule has 1 heterocycles. The van der Waals surface area contributed by atoms with Gasteiger partial charge in [0.25, 0.3) is 0 Å². The van der Waals surface area contributed by atoms with Crippen molar-refractivity contribution >= 4 is 17.4 Å². The van der Waals surface area contributed by atoms with Gasteiger partial charge in [-0.2, -0.15) is 0 Å². The summed E-state index contributed by atoms with van der Waals surface area (Å²) in [6.45, 7) is 1.44. The maximum Gasteiger partial charge on any atom is 0.137 e. The van der Waals surface area contributed by atoms with Crippen LogP contribution in [0.3, 0.4) is 0 Å². The molecule has 0 N–H and O–H groups in total. The zero-order valence-corrected chi connectivity index (χ0v) is 12.9. The van der Waals surface area contributed by atoms with Crippen molar-refractivity contribution in [2.75, 3.05) is 6.54 Å². The molecule has 1 aromatic rings. The van der Waals surface area contributed by atoms with Crippen LogP contribution in [0.25, 0.3) is 0 Å². The topological polar surface area (TPSA) is 20.3 Å². The summed E-state index contributed by atoms with van der Waals surface area (Å²) in [4.78, 5) is 14.4. The zero-order chi connectivity index (χ0) is 14.8. The van der Waals surface area contributed by atoms with Crippen molar-refractivity contribution in [2.45, 2.75) is 51.1 Å². The first kappa shape index (κ1) is 15.0. The molecule has 0 amide bonds. The zero-order valence-electron chi connectivity index (χ0n) is 12.2. The van der Waals surface area contributed by atoms with E-state index in [9.17, 15) is 9.18 Å². The Balaban J connectivity index is 1.80. The lowest BCUT2D eigenvalue weighted by Gasteiger charge is -2.39. The van der Waals surface area contributed by atoms with Crippen LogP contribution in [0, 0.1) is 11.7 Å². The van der Waals surface area contributed by atoms with Crippen LogP contribution >= 0.6 is 11.6 Å². The first-order chi connectivity index (χ1) is 10.2. The molecular weight excluding hydrogens is 289 g/mol. The highest BCUT2D eigenvalue weighted by Crippen LogP contribution is 2.34. The molecule has 1 aromatic carbocycles. The quantitative estimate of drug-likeness (QED) is 0.834. The van der Waals surface area contributed by atoms with E-state index in [0.717, 1.165) is 45.1 Å². The molecule has 114 valence electrons. The van der Waals surface area contributed by atoms with Gasteiger partial charge in [0, 0.05) is 35.5 Å². The molecule has 0 radical (unpaired) electrons. The Morgan fingerprint density at radius 3 is 2.81 bits per heavy atom. The molecule has 1 aliphatic carbocycles. The number of piperidine rings is 1. The smallest absolute Gasteiger partial charge is 0.137 e. The number of benzene rings is 1. The van der Waals surface area contributed by atoms with Gasteiger partial charge in [-0.25, -0.2) is 4.39 Å². The summed E-state index contributed by atoms with van der Waals surface area (Å²) in [5.41, 5.74) is 0.566. The predicted octanol–water partition coefficient (Wildman–Crippen LogP) is 4.20. The fraction of sp³-hybridized carbons (Fsp3) is 0.588. The van der Waals surface area contributed by atoms with Crippen molar-refractivity contribution in [3.8, 4) is 0 Å². The minimum Gasteiger partial charge on any atom is -0.299 e. The highest BCUT2D eigenvalue weighted by atomic mass is 35.5. The van der Waals surface area contributed by atoms with Crippen LogP contribution in [0.15, 0.2) is 18.2 Å². The molecule has 2 aliphatic rings. The Kier molecular flexibility index (Phi) is 4.60. The van der Waals surface area contributed by atoms with Crippen LogP contribution in [0.4, 0.5) is 4.39 Å². The van der Waals surface area contributed by atoms with E-state index < -0.39 is 0 Å². The molecule has 1 saturated heterocycles. The van der Waals surface area contributed by atoms with Crippen molar-refractivity contribution in [2.24, 2.45) is 5.92 Å². The van der Waals surface area contributed by atoms with E-state index in [2.05, 4.69) is 4.90 Å². The third-order valence-corrected chi connectivity index (χ3v) is 5.26. The summed E-state index contributed by atoms with van der Waals surface area (Å²) in [5.74, 6) is 0.298. The Hall–Kier alpha value is -0.930. The molecule has 2 fully saturated rings. The molecular formula is C17H21ClFNO. The van der Waals surface area contributed by atoms with E-state index in [0.29, 0.717) is 22.9 Å². The number of Topliss-reactive ketones (excluding diaryl/α,β-unsaturated/α-hetero) is 1. The summed E-state index contributed by atoms with van der Waals surface area (Å²) in [6, 6.07) is 5.10. The molecule has 2 nitrogen and oxygen atoms in total. The molecule has 0 aromatic heterocycles. The van der Waals surface area contributed by atoms with E-state index >= 15 is 0 Å². The number of halogens is 2. The predicted molar refractivity (Wildman–Crippen MR) is 81.8 cm³/mol. The first-order valence-electron chi connectivity index (χ1n) is 7.86. The number of nitrogens with zero attached hydrogens (tertiary/aromatic N) is 1. The van der Waals surface area contributed by atoms with Crippen LogP contribution < -0.4 is 0 Å². The van der Waals surface area contributed by atoms with Gasteiger partial charge < -0.3 is 0 Å². The maximum absolute atomic E-state index is 14.0. The number of hydrogen-bond donors (Lipinski definition) is 0. The van der Waals surface area contributed by atoms with Gasteiger partial charge in [-0.15, -0.1) is 0 Å². The van der Waals surface area contributed by atoms with Crippen molar-refractivity contribution in [3.05, 3.63) is 34.6 Å². The first-order valence-corrected chi connectivity index (χ1v) is 8.24. The van der Waals surface area contributed by atoms with Gasteiger partial charge in [0.2, 0.25) is 0 Å². The number of rotatable bonds is 3.